The van der Waals surface area contributed by atoms with Crippen LogP contribution in [0.2, 0.25) is 0 Å². The molecule has 0 spiro atoms. The quantitative estimate of drug-likeness (QED) is 0.255. The van der Waals surface area contributed by atoms with E-state index in [-0.39, 0.29) is 0 Å². The molecule has 0 heterocycles. The van der Waals surface area contributed by atoms with Crippen LogP contribution in [-0.4, -0.2) is 13.3 Å². The van der Waals surface area contributed by atoms with Crippen molar-refractivity contribution in [3.05, 3.63) is 6.92 Å². The molecule has 0 rings (SSSR count). The standard InChI is InChI=1S/C9H14NO/c1-3-4-5-6-7-8-9-10-11-2/h9H,1,5-8H2,2H3/b10-9-. The summed E-state index contributed by atoms with van der Waals surface area (Å²) in [4.78, 5) is 4.50. The van der Waals surface area contributed by atoms with Crippen LogP contribution in [0.3, 0.4) is 0 Å². The normalized spacial score (nSPS) is 9.27. The molecule has 0 aromatic rings. The Hall–Kier alpha value is -0.970. The first kappa shape index (κ1) is 10.0. The Morgan fingerprint density at radius 2 is 2.36 bits per heavy atom. The predicted molar refractivity (Wildman–Crippen MR) is 47.1 cm³/mol. The molecule has 0 atom stereocenters. The van der Waals surface area contributed by atoms with Gasteiger partial charge < -0.3 is 4.84 Å². The van der Waals surface area contributed by atoms with Crippen LogP contribution in [-0.2, 0) is 4.84 Å². The highest BCUT2D eigenvalue weighted by molar-refractivity contribution is 5.56. The number of oxime groups is 1. The van der Waals surface area contributed by atoms with Gasteiger partial charge in [0.2, 0.25) is 0 Å². The van der Waals surface area contributed by atoms with Gasteiger partial charge in [0.05, 0.1) is 0 Å². The van der Waals surface area contributed by atoms with Crippen molar-refractivity contribution >= 4 is 6.21 Å². The average Bonchev–Trinajstić information content (AvgIpc) is 2.03. The highest BCUT2D eigenvalue weighted by atomic mass is 16.6. The van der Waals surface area contributed by atoms with Crippen molar-refractivity contribution in [1.82, 2.24) is 0 Å². The van der Waals surface area contributed by atoms with E-state index in [4.69, 9.17) is 0 Å². The molecule has 61 valence electrons. The van der Waals surface area contributed by atoms with Gasteiger partial charge in [0, 0.05) is 19.6 Å². The van der Waals surface area contributed by atoms with Crippen LogP contribution in [0.25, 0.3) is 0 Å². The molecule has 0 N–H and O–H groups in total. The Morgan fingerprint density at radius 3 is 3.00 bits per heavy atom. The molecule has 0 saturated carbocycles. The summed E-state index contributed by atoms with van der Waals surface area (Å²) in [5.74, 6) is 5.51. The summed E-state index contributed by atoms with van der Waals surface area (Å²) in [6.45, 7) is 3.43. The number of hydrogen-bond acceptors (Lipinski definition) is 2. The zero-order valence-corrected chi connectivity index (χ0v) is 6.97. The third kappa shape index (κ3) is 9.03. The van der Waals surface area contributed by atoms with Gasteiger partial charge in [-0.05, 0) is 19.3 Å². The molecule has 0 bridgehead atoms. The summed E-state index contributed by atoms with van der Waals surface area (Å²) in [5.41, 5.74) is 0. The fourth-order valence-electron chi connectivity index (χ4n) is 0.665. The van der Waals surface area contributed by atoms with E-state index < -0.39 is 0 Å². The lowest BCUT2D eigenvalue weighted by Gasteiger charge is -1.89. The molecule has 2 heteroatoms. The van der Waals surface area contributed by atoms with E-state index in [9.17, 15) is 0 Å². The maximum Gasteiger partial charge on any atom is 0.106 e. The molecule has 0 aromatic heterocycles. The minimum absolute atomic E-state index is 0.935. The highest BCUT2D eigenvalue weighted by Crippen LogP contribution is 1.96. The summed E-state index contributed by atoms with van der Waals surface area (Å²) in [5, 5.41) is 3.62. The van der Waals surface area contributed by atoms with Gasteiger partial charge in [-0.2, -0.15) is 0 Å². The minimum Gasteiger partial charge on any atom is -0.399 e. The lowest BCUT2D eigenvalue weighted by Crippen LogP contribution is -1.78. The summed E-state index contributed by atoms with van der Waals surface area (Å²) in [6, 6.07) is 0. The number of hydrogen-bond donors (Lipinski definition) is 0. The van der Waals surface area contributed by atoms with Gasteiger partial charge in [0.15, 0.2) is 0 Å². The Labute approximate surface area is 68.6 Å². The third-order valence-corrected chi connectivity index (χ3v) is 1.19. The van der Waals surface area contributed by atoms with Gasteiger partial charge >= 0.3 is 0 Å². The summed E-state index contributed by atoms with van der Waals surface area (Å²) in [6.07, 6.45) is 5.90. The van der Waals surface area contributed by atoms with E-state index in [1.807, 2.05) is 0 Å². The van der Waals surface area contributed by atoms with Crippen LogP contribution in [0.4, 0.5) is 0 Å². The molecular weight excluding hydrogens is 138 g/mol. The maximum absolute atomic E-state index is 4.50. The van der Waals surface area contributed by atoms with Gasteiger partial charge in [-0.3, -0.25) is 0 Å². The molecule has 0 fully saturated rings. The zero-order valence-electron chi connectivity index (χ0n) is 6.97. The Kier molecular flexibility index (Phi) is 8.23. The molecule has 0 aliphatic heterocycles. The van der Waals surface area contributed by atoms with Gasteiger partial charge in [0.1, 0.15) is 7.11 Å². The van der Waals surface area contributed by atoms with Crippen molar-refractivity contribution in [2.45, 2.75) is 25.7 Å². The first-order valence-corrected chi connectivity index (χ1v) is 3.71. The second kappa shape index (κ2) is 9.03. The minimum atomic E-state index is 0.935. The number of unbranched alkanes of at least 4 members (excludes halogenated alkanes) is 3. The van der Waals surface area contributed by atoms with Crippen molar-refractivity contribution in [3.8, 4) is 11.8 Å². The van der Waals surface area contributed by atoms with Crippen LogP contribution < -0.4 is 0 Å². The fraction of sp³-hybridized carbons (Fsp3) is 0.556. The van der Waals surface area contributed by atoms with E-state index in [2.05, 4.69) is 28.8 Å². The van der Waals surface area contributed by atoms with E-state index in [0.29, 0.717) is 0 Å². The second-order valence-corrected chi connectivity index (χ2v) is 2.07. The molecule has 0 aliphatic rings. The van der Waals surface area contributed by atoms with Crippen LogP contribution in [0, 0.1) is 18.8 Å². The highest BCUT2D eigenvalue weighted by Gasteiger charge is 1.82. The van der Waals surface area contributed by atoms with E-state index in [1.165, 1.54) is 0 Å². The van der Waals surface area contributed by atoms with Crippen molar-refractivity contribution in [1.29, 1.82) is 0 Å². The first-order chi connectivity index (χ1) is 5.41. The summed E-state index contributed by atoms with van der Waals surface area (Å²) >= 11 is 0. The maximum atomic E-state index is 4.50. The van der Waals surface area contributed by atoms with Crippen molar-refractivity contribution < 1.29 is 4.84 Å². The van der Waals surface area contributed by atoms with Gasteiger partial charge in [-0.25, -0.2) is 0 Å². The SMILES string of the molecule is [CH2]C#CCCCC/C=N\OC. The zero-order chi connectivity index (χ0) is 8.36. The smallest absolute Gasteiger partial charge is 0.106 e. The molecule has 11 heavy (non-hydrogen) atoms. The lowest BCUT2D eigenvalue weighted by atomic mass is 10.2. The fourth-order valence-corrected chi connectivity index (χ4v) is 0.665. The molecule has 0 aliphatic carbocycles. The first-order valence-electron chi connectivity index (χ1n) is 3.71. The van der Waals surface area contributed by atoms with Crippen molar-refractivity contribution in [2.24, 2.45) is 5.16 Å². The molecule has 0 saturated heterocycles. The van der Waals surface area contributed by atoms with Gasteiger partial charge in [-0.15, -0.1) is 11.8 Å². The van der Waals surface area contributed by atoms with Crippen LogP contribution in [0.5, 0.6) is 0 Å². The third-order valence-electron chi connectivity index (χ3n) is 1.19. The predicted octanol–water partition coefficient (Wildman–Crippen LogP) is 2.02. The Morgan fingerprint density at radius 1 is 1.55 bits per heavy atom. The van der Waals surface area contributed by atoms with Crippen molar-refractivity contribution in [2.75, 3.05) is 7.11 Å². The van der Waals surface area contributed by atoms with E-state index >= 15 is 0 Å². The number of rotatable bonds is 5. The summed E-state index contributed by atoms with van der Waals surface area (Å²) < 4.78 is 0. The van der Waals surface area contributed by atoms with E-state index in [0.717, 1.165) is 25.7 Å². The van der Waals surface area contributed by atoms with Crippen LogP contribution in [0.1, 0.15) is 25.7 Å². The van der Waals surface area contributed by atoms with Gasteiger partial charge in [0.25, 0.3) is 0 Å². The lowest BCUT2D eigenvalue weighted by molar-refractivity contribution is 0.214. The topological polar surface area (TPSA) is 21.6 Å². The molecular formula is C9H14NO. The van der Waals surface area contributed by atoms with Crippen molar-refractivity contribution in [3.63, 3.8) is 0 Å². The van der Waals surface area contributed by atoms with E-state index in [1.54, 1.807) is 13.3 Å². The molecule has 0 amide bonds. The monoisotopic (exact) mass is 152 g/mol. The molecule has 1 radical (unpaired) electrons. The Balaban J connectivity index is 3.00. The Bertz CT molecular complexity index is 153. The summed E-state index contributed by atoms with van der Waals surface area (Å²) in [7, 11) is 1.55. The molecule has 0 aromatic carbocycles. The number of nitrogens with zero attached hydrogens (tertiary/aromatic N) is 1. The average molecular weight is 152 g/mol. The second-order valence-electron chi connectivity index (χ2n) is 2.07. The largest absolute Gasteiger partial charge is 0.399 e. The van der Waals surface area contributed by atoms with Crippen LogP contribution in [0.15, 0.2) is 5.16 Å². The van der Waals surface area contributed by atoms with Crippen LogP contribution >= 0.6 is 0 Å². The molecule has 2 nitrogen and oxygen atoms in total. The molecule has 0 unspecified atom stereocenters. The van der Waals surface area contributed by atoms with Gasteiger partial charge in [-0.1, -0.05) is 5.16 Å².